The van der Waals surface area contributed by atoms with Crippen molar-refractivity contribution < 1.29 is 28.7 Å². The number of anilines is 1. The van der Waals surface area contributed by atoms with Gasteiger partial charge in [0.25, 0.3) is 5.91 Å². The lowest BCUT2D eigenvalue weighted by atomic mass is 10.1. The minimum absolute atomic E-state index is 0.351. The van der Waals surface area contributed by atoms with Gasteiger partial charge in [-0.3, -0.25) is 4.79 Å². The van der Waals surface area contributed by atoms with Crippen molar-refractivity contribution >= 4 is 17.6 Å². The molecule has 3 rings (SSSR count). The summed E-state index contributed by atoms with van der Waals surface area (Å²) in [5, 5.41) is 2.67. The first-order chi connectivity index (χ1) is 13.6. The molecule has 0 radical (unpaired) electrons. The van der Waals surface area contributed by atoms with Crippen LogP contribution in [0.4, 0.5) is 5.69 Å². The molecule has 2 aromatic carbocycles. The molecule has 1 aliphatic rings. The van der Waals surface area contributed by atoms with E-state index in [-0.39, 0.29) is 6.61 Å². The lowest BCUT2D eigenvalue weighted by Gasteiger charge is -2.23. The maximum Gasteiger partial charge on any atom is 0.338 e. The van der Waals surface area contributed by atoms with Crippen LogP contribution in [-0.2, 0) is 20.8 Å². The molecule has 148 valence electrons. The Morgan fingerprint density at radius 2 is 1.86 bits per heavy atom. The van der Waals surface area contributed by atoms with Gasteiger partial charge in [0.2, 0.25) is 0 Å². The van der Waals surface area contributed by atoms with Gasteiger partial charge in [-0.25, -0.2) is 4.79 Å². The zero-order chi connectivity index (χ0) is 19.8. The second kappa shape index (κ2) is 9.87. The fraction of sp³-hybridized carbons (Fsp3) is 0.333. The number of benzene rings is 2. The van der Waals surface area contributed by atoms with Crippen molar-refractivity contribution in [1.29, 1.82) is 0 Å². The van der Waals surface area contributed by atoms with Gasteiger partial charge in [-0.1, -0.05) is 18.2 Å². The molecule has 0 aliphatic carbocycles. The third-order valence-electron chi connectivity index (χ3n) is 4.53. The summed E-state index contributed by atoms with van der Waals surface area (Å²) in [5.41, 5.74) is 2.16. The minimum atomic E-state index is -0.522. The Bertz CT molecular complexity index is 801. The van der Waals surface area contributed by atoms with Gasteiger partial charge in [0.15, 0.2) is 6.61 Å². The summed E-state index contributed by atoms with van der Waals surface area (Å²) in [5.74, 6) is -0.297. The maximum absolute atomic E-state index is 12.2. The molecule has 1 fully saturated rings. The zero-order valence-electron chi connectivity index (χ0n) is 15.9. The molecule has 1 amide bonds. The number of carbonyl (C=O) groups is 2. The summed E-state index contributed by atoms with van der Waals surface area (Å²) in [6, 6.07) is 14.3. The van der Waals surface area contributed by atoms with Crippen molar-refractivity contribution in [1.82, 2.24) is 0 Å². The Kier molecular flexibility index (Phi) is 7.00. The summed E-state index contributed by atoms with van der Waals surface area (Å²) < 4.78 is 15.6. The lowest BCUT2D eigenvalue weighted by Crippen LogP contribution is -3.12. The number of hydrogen-bond donors (Lipinski definition) is 2. The molecule has 7 heteroatoms. The number of rotatable bonds is 7. The van der Waals surface area contributed by atoms with E-state index >= 15 is 0 Å². The van der Waals surface area contributed by atoms with E-state index in [9.17, 15) is 9.59 Å². The molecule has 7 nitrogen and oxygen atoms in total. The van der Waals surface area contributed by atoms with Crippen LogP contribution in [0.1, 0.15) is 15.9 Å². The van der Waals surface area contributed by atoms with Gasteiger partial charge in [-0.2, -0.15) is 0 Å². The fourth-order valence-corrected chi connectivity index (χ4v) is 3.00. The van der Waals surface area contributed by atoms with Crippen LogP contribution in [0.15, 0.2) is 48.5 Å². The van der Waals surface area contributed by atoms with E-state index in [1.807, 2.05) is 12.1 Å². The largest absolute Gasteiger partial charge is 0.497 e. The normalized spacial score (nSPS) is 14.3. The van der Waals surface area contributed by atoms with Crippen molar-refractivity contribution in [3.05, 3.63) is 59.7 Å². The molecule has 0 spiro atoms. The van der Waals surface area contributed by atoms with E-state index in [1.54, 1.807) is 43.5 Å². The van der Waals surface area contributed by atoms with Crippen LogP contribution in [-0.4, -0.2) is 51.9 Å². The summed E-state index contributed by atoms with van der Waals surface area (Å²) in [6.45, 7) is 4.12. The van der Waals surface area contributed by atoms with Crippen LogP contribution in [0.5, 0.6) is 5.75 Å². The highest BCUT2D eigenvalue weighted by Crippen LogP contribution is 2.16. The predicted octanol–water partition coefficient (Wildman–Crippen LogP) is 0.906. The molecule has 1 aliphatic heterocycles. The number of ether oxygens (including phenoxy) is 3. The van der Waals surface area contributed by atoms with Gasteiger partial charge < -0.3 is 24.4 Å². The van der Waals surface area contributed by atoms with Crippen LogP contribution in [0.25, 0.3) is 0 Å². The topological polar surface area (TPSA) is 78.3 Å². The Morgan fingerprint density at radius 1 is 1.11 bits per heavy atom. The zero-order valence-corrected chi connectivity index (χ0v) is 15.9. The molecule has 1 saturated heterocycles. The number of morpholine rings is 1. The average molecular weight is 385 g/mol. The molecule has 1 heterocycles. The first-order valence-electron chi connectivity index (χ1n) is 9.25. The third kappa shape index (κ3) is 5.80. The average Bonchev–Trinajstić information content (AvgIpc) is 2.73. The summed E-state index contributed by atoms with van der Waals surface area (Å²) >= 11 is 0. The lowest BCUT2D eigenvalue weighted by molar-refractivity contribution is -0.921. The quantitative estimate of drug-likeness (QED) is 0.693. The Hall–Kier alpha value is -2.90. The second-order valence-corrected chi connectivity index (χ2v) is 6.59. The molecule has 0 unspecified atom stereocenters. The standard InChI is InChI=1S/C21H24N2O5/c1-26-19-4-2-3-18(13-19)22-20(24)15-28-21(25)17-7-5-16(6-8-17)14-23-9-11-27-12-10-23/h2-8,13H,9-12,14-15H2,1H3,(H,22,24)/p+1. The van der Waals surface area contributed by atoms with Gasteiger partial charge >= 0.3 is 5.97 Å². The van der Waals surface area contributed by atoms with Crippen molar-refractivity contribution in [3.63, 3.8) is 0 Å². The predicted molar refractivity (Wildman–Crippen MR) is 104 cm³/mol. The summed E-state index contributed by atoms with van der Waals surface area (Å²) in [6.07, 6.45) is 0. The molecule has 2 N–H and O–H groups in total. The number of nitrogens with one attached hydrogen (secondary N) is 2. The molecule has 0 bridgehead atoms. The minimum Gasteiger partial charge on any atom is -0.497 e. The molecule has 0 atom stereocenters. The van der Waals surface area contributed by atoms with E-state index in [0.29, 0.717) is 17.0 Å². The highest BCUT2D eigenvalue weighted by molar-refractivity contribution is 5.95. The van der Waals surface area contributed by atoms with E-state index in [0.717, 1.165) is 38.4 Å². The first-order valence-corrected chi connectivity index (χ1v) is 9.25. The van der Waals surface area contributed by atoms with Crippen molar-refractivity contribution in [2.45, 2.75) is 6.54 Å². The fourth-order valence-electron chi connectivity index (χ4n) is 3.00. The van der Waals surface area contributed by atoms with E-state index < -0.39 is 11.9 Å². The Balaban J connectivity index is 1.46. The van der Waals surface area contributed by atoms with E-state index in [1.165, 1.54) is 4.90 Å². The highest BCUT2D eigenvalue weighted by Gasteiger charge is 2.15. The Morgan fingerprint density at radius 3 is 2.57 bits per heavy atom. The van der Waals surface area contributed by atoms with Crippen molar-refractivity contribution in [2.75, 3.05) is 45.3 Å². The van der Waals surface area contributed by atoms with Crippen LogP contribution in [0, 0.1) is 0 Å². The van der Waals surface area contributed by atoms with Crippen LogP contribution >= 0.6 is 0 Å². The Labute approximate surface area is 164 Å². The molecular weight excluding hydrogens is 360 g/mol. The second-order valence-electron chi connectivity index (χ2n) is 6.59. The third-order valence-corrected chi connectivity index (χ3v) is 4.53. The van der Waals surface area contributed by atoms with Crippen molar-refractivity contribution in [3.8, 4) is 5.75 Å². The first kappa shape index (κ1) is 19.9. The molecule has 28 heavy (non-hydrogen) atoms. The monoisotopic (exact) mass is 385 g/mol. The number of esters is 1. The molecule has 2 aromatic rings. The number of amides is 1. The number of quaternary nitrogens is 1. The van der Waals surface area contributed by atoms with Crippen LogP contribution < -0.4 is 15.0 Å². The number of hydrogen-bond acceptors (Lipinski definition) is 5. The number of methoxy groups -OCH3 is 1. The van der Waals surface area contributed by atoms with Crippen LogP contribution in [0.2, 0.25) is 0 Å². The molecule has 0 saturated carbocycles. The molecular formula is C21H25N2O5+. The summed E-state index contributed by atoms with van der Waals surface area (Å²) in [7, 11) is 1.55. The van der Waals surface area contributed by atoms with Gasteiger partial charge in [-0.15, -0.1) is 0 Å². The van der Waals surface area contributed by atoms with Gasteiger partial charge in [0, 0.05) is 17.3 Å². The highest BCUT2D eigenvalue weighted by atomic mass is 16.5. The van der Waals surface area contributed by atoms with Crippen molar-refractivity contribution in [2.24, 2.45) is 0 Å². The van der Waals surface area contributed by atoms with Gasteiger partial charge in [-0.05, 0) is 24.3 Å². The smallest absolute Gasteiger partial charge is 0.338 e. The van der Waals surface area contributed by atoms with E-state index in [2.05, 4.69) is 5.32 Å². The SMILES string of the molecule is COc1cccc(NC(=O)COC(=O)c2ccc(C[NH+]3CCOCC3)cc2)c1. The number of carbonyl (C=O) groups excluding carboxylic acids is 2. The van der Waals surface area contributed by atoms with Crippen LogP contribution in [0.3, 0.4) is 0 Å². The van der Waals surface area contributed by atoms with Gasteiger partial charge in [0.1, 0.15) is 25.4 Å². The summed E-state index contributed by atoms with van der Waals surface area (Å²) in [4.78, 5) is 25.6. The molecule has 0 aromatic heterocycles. The van der Waals surface area contributed by atoms with Gasteiger partial charge in [0.05, 0.1) is 25.9 Å². The van der Waals surface area contributed by atoms with E-state index in [4.69, 9.17) is 14.2 Å². The maximum atomic E-state index is 12.2.